The molecule has 1 aromatic carbocycles. The number of hydrogen-bond acceptors (Lipinski definition) is 3. The Labute approximate surface area is 105 Å². The first kappa shape index (κ1) is 12.4. The third-order valence-electron chi connectivity index (χ3n) is 2.69. The molecule has 5 heteroatoms. The molecule has 96 valence electrons. The molecule has 0 unspecified atom stereocenters. The molecule has 2 rings (SSSR count). The molecule has 0 atom stereocenters. The maximum absolute atomic E-state index is 11.7. The van der Waals surface area contributed by atoms with Crippen molar-refractivity contribution in [2.24, 2.45) is 5.92 Å². The van der Waals surface area contributed by atoms with Crippen LogP contribution in [0.1, 0.15) is 18.4 Å². The van der Waals surface area contributed by atoms with Crippen molar-refractivity contribution in [2.75, 3.05) is 11.9 Å². The van der Waals surface area contributed by atoms with Crippen LogP contribution in [-0.2, 0) is 9.59 Å². The Morgan fingerprint density at radius 3 is 2.78 bits per heavy atom. The zero-order valence-electron chi connectivity index (χ0n) is 10.1. The molecule has 1 saturated carbocycles. The number of hydrogen-bond donors (Lipinski definition) is 2. The summed E-state index contributed by atoms with van der Waals surface area (Å²) < 4.78 is 5.14. The van der Waals surface area contributed by atoms with Gasteiger partial charge in [0.2, 0.25) is 5.91 Å². The molecule has 1 aromatic rings. The van der Waals surface area contributed by atoms with E-state index in [-0.39, 0.29) is 11.8 Å². The number of carbonyl (C=O) groups excluding carboxylic acids is 1. The Hall–Kier alpha value is -2.04. The molecule has 0 aromatic heterocycles. The molecule has 18 heavy (non-hydrogen) atoms. The molecule has 1 amide bonds. The van der Waals surface area contributed by atoms with Gasteiger partial charge in [0.1, 0.15) is 5.75 Å². The van der Waals surface area contributed by atoms with E-state index in [0.717, 1.165) is 18.4 Å². The van der Waals surface area contributed by atoms with Gasteiger partial charge in [0.15, 0.2) is 6.61 Å². The van der Waals surface area contributed by atoms with Crippen LogP contribution in [0, 0.1) is 12.8 Å². The van der Waals surface area contributed by atoms with E-state index in [1.807, 2.05) is 13.0 Å². The maximum atomic E-state index is 11.7. The average molecular weight is 249 g/mol. The van der Waals surface area contributed by atoms with Crippen molar-refractivity contribution in [1.29, 1.82) is 0 Å². The molecule has 0 heterocycles. The number of carbonyl (C=O) groups is 2. The van der Waals surface area contributed by atoms with E-state index >= 15 is 0 Å². The van der Waals surface area contributed by atoms with Crippen molar-refractivity contribution in [3.63, 3.8) is 0 Å². The summed E-state index contributed by atoms with van der Waals surface area (Å²) in [6.45, 7) is 1.48. The number of aryl methyl sites for hydroxylation is 1. The predicted molar refractivity (Wildman–Crippen MR) is 65.7 cm³/mol. The van der Waals surface area contributed by atoms with Gasteiger partial charge < -0.3 is 15.2 Å². The Balaban J connectivity index is 2.11. The van der Waals surface area contributed by atoms with E-state index in [1.165, 1.54) is 0 Å². The zero-order chi connectivity index (χ0) is 13.1. The van der Waals surface area contributed by atoms with Gasteiger partial charge in [-0.2, -0.15) is 0 Å². The second-order valence-corrected chi connectivity index (χ2v) is 4.45. The van der Waals surface area contributed by atoms with E-state index in [2.05, 4.69) is 5.32 Å². The molecule has 0 aliphatic heterocycles. The summed E-state index contributed by atoms with van der Waals surface area (Å²) in [6, 6.07) is 5.25. The maximum Gasteiger partial charge on any atom is 0.341 e. The van der Waals surface area contributed by atoms with Crippen LogP contribution in [0.5, 0.6) is 5.75 Å². The second-order valence-electron chi connectivity index (χ2n) is 4.45. The first-order valence-corrected chi connectivity index (χ1v) is 5.82. The molecule has 1 aliphatic rings. The van der Waals surface area contributed by atoms with Crippen molar-refractivity contribution in [2.45, 2.75) is 19.8 Å². The molecule has 0 spiro atoms. The normalized spacial score (nSPS) is 14.1. The van der Waals surface area contributed by atoms with Crippen molar-refractivity contribution in [3.05, 3.63) is 23.8 Å². The van der Waals surface area contributed by atoms with Gasteiger partial charge in [0.05, 0.1) is 5.69 Å². The topological polar surface area (TPSA) is 75.6 Å². The molecule has 2 N–H and O–H groups in total. The minimum Gasteiger partial charge on any atom is -0.480 e. The van der Waals surface area contributed by atoms with Crippen LogP contribution in [0.4, 0.5) is 5.69 Å². The zero-order valence-corrected chi connectivity index (χ0v) is 10.1. The van der Waals surface area contributed by atoms with Crippen molar-refractivity contribution >= 4 is 17.6 Å². The van der Waals surface area contributed by atoms with Gasteiger partial charge in [-0.05, 0) is 37.5 Å². The lowest BCUT2D eigenvalue weighted by atomic mass is 10.2. The van der Waals surface area contributed by atoms with Crippen molar-refractivity contribution in [1.82, 2.24) is 0 Å². The highest BCUT2D eigenvalue weighted by Gasteiger charge is 2.30. The summed E-state index contributed by atoms with van der Waals surface area (Å²) in [5, 5.41) is 11.4. The largest absolute Gasteiger partial charge is 0.480 e. The summed E-state index contributed by atoms with van der Waals surface area (Å²) in [5.74, 6) is -0.592. The summed E-state index contributed by atoms with van der Waals surface area (Å²) in [4.78, 5) is 22.2. The molecule has 0 radical (unpaired) electrons. The standard InChI is InChI=1S/C13H15NO4/c1-8-2-5-11(18-7-12(15)16)10(6-8)14-13(17)9-3-4-9/h2,5-6,9H,3-4,7H2,1H3,(H,14,17)(H,15,16). The fourth-order valence-electron chi connectivity index (χ4n) is 1.59. The monoisotopic (exact) mass is 249 g/mol. The van der Waals surface area contributed by atoms with Gasteiger partial charge in [0, 0.05) is 5.92 Å². The van der Waals surface area contributed by atoms with Crippen molar-refractivity contribution < 1.29 is 19.4 Å². The van der Waals surface area contributed by atoms with E-state index in [9.17, 15) is 9.59 Å². The number of nitrogens with one attached hydrogen (secondary N) is 1. The van der Waals surface area contributed by atoms with Crippen LogP contribution >= 0.6 is 0 Å². The smallest absolute Gasteiger partial charge is 0.341 e. The Morgan fingerprint density at radius 1 is 1.44 bits per heavy atom. The summed E-state index contributed by atoms with van der Waals surface area (Å²) in [6.07, 6.45) is 1.84. The number of carboxylic acids is 1. The quantitative estimate of drug-likeness (QED) is 0.834. The first-order valence-electron chi connectivity index (χ1n) is 5.82. The van der Waals surface area contributed by atoms with Gasteiger partial charge >= 0.3 is 5.97 Å². The highest BCUT2D eigenvalue weighted by atomic mass is 16.5. The SMILES string of the molecule is Cc1ccc(OCC(=O)O)c(NC(=O)C2CC2)c1. The fourth-order valence-corrected chi connectivity index (χ4v) is 1.59. The van der Waals surface area contributed by atoms with Gasteiger partial charge in [-0.1, -0.05) is 6.07 Å². The number of aliphatic carboxylic acids is 1. The van der Waals surface area contributed by atoms with Crippen LogP contribution in [0.3, 0.4) is 0 Å². The molecule has 1 fully saturated rings. The first-order chi connectivity index (χ1) is 8.56. The molecular formula is C13H15NO4. The summed E-state index contributed by atoms with van der Waals surface area (Å²) in [7, 11) is 0. The van der Waals surface area contributed by atoms with Gasteiger partial charge in [-0.15, -0.1) is 0 Å². The number of carboxylic acid groups (broad SMARTS) is 1. The molecular weight excluding hydrogens is 234 g/mol. The fraction of sp³-hybridized carbons (Fsp3) is 0.385. The molecule has 5 nitrogen and oxygen atoms in total. The van der Waals surface area contributed by atoms with Crippen LogP contribution in [-0.4, -0.2) is 23.6 Å². The number of benzene rings is 1. The minimum absolute atomic E-state index is 0.0271. The minimum atomic E-state index is -1.05. The lowest BCUT2D eigenvalue weighted by Crippen LogP contribution is -2.16. The van der Waals surface area contributed by atoms with Crippen LogP contribution < -0.4 is 10.1 Å². The average Bonchev–Trinajstić information content (AvgIpc) is 3.11. The van der Waals surface area contributed by atoms with Gasteiger partial charge in [0.25, 0.3) is 0 Å². The second kappa shape index (κ2) is 5.08. The molecule has 0 saturated heterocycles. The van der Waals surface area contributed by atoms with Crippen LogP contribution in [0.25, 0.3) is 0 Å². The van der Waals surface area contributed by atoms with Crippen LogP contribution in [0.2, 0.25) is 0 Å². The summed E-state index contributed by atoms with van der Waals surface area (Å²) >= 11 is 0. The Morgan fingerprint density at radius 2 is 2.17 bits per heavy atom. The summed E-state index contributed by atoms with van der Waals surface area (Å²) in [5.41, 5.74) is 1.51. The van der Waals surface area contributed by atoms with Crippen molar-refractivity contribution in [3.8, 4) is 5.75 Å². The lowest BCUT2D eigenvalue weighted by Gasteiger charge is -2.12. The van der Waals surface area contributed by atoms with E-state index in [4.69, 9.17) is 9.84 Å². The molecule has 1 aliphatic carbocycles. The Kier molecular flexibility index (Phi) is 3.50. The third kappa shape index (κ3) is 3.23. The lowest BCUT2D eigenvalue weighted by molar-refractivity contribution is -0.139. The molecule has 0 bridgehead atoms. The van der Waals surface area contributed by atoms with Gasteiger partial charge in [-0.3, -0.25) is 4.79 Å². The van der Waals surface area contributed by atoms with E-state index < -0.39 is 12.6 Å². The number of amides is 1. The van der Waals surface area contributed by atoms with E-state index in [0.29, 0.717) is 11.4 Å². The Bertz CT molecular complexity index is 480. The predicted octanol–water partition coefficient (Wildman–Crippen LogP) is 1.81. The van der Waals surface area contributed by atoms with Gasteiger partial charge in [-0.25, -0.2) is 4.79 Å². The highest BCUT2D eigenvalue weighted by Crippen LogP contribution is 2.32. The van der Waals surface area contributed by atoms with E-state index in [1.54, 1.807) is 12.1 Å². The highest BCUT2D eigenvalue weighted by molar-refractivity contribution is 5.95. The van der Waals surface area contributed by atoms with Crippen LogP contribution in [0.15, 0.2) is 18.2 Å². The number of anilines is 1. The number of ether oxygens (including phenoxy) is 1. The third-order valence-corrected chi connectivity index (χ3v) is 2.69. The number of rotatable bonds is 5.